The summed E-state index contributed by atoms with van der Waals surface area (Å²) < 4.78 is 40.5. The average molecular weight is 302 g/mol. The van der Waals surface area contributed by atoms with E-state index in [4.69, 9.17) is 5.73 Å². The molecule has 3 N–H and O–H groups in total. The lowest BCUT2D eigenvalue weighted by atomic mass is 9.82. The molecule has 0 aliphatic heterocycles. The van der Waals surface area contributed by atoms with Gasteiger partial charge >= 0.3 is 0 Å². The largest absolute Gasteiger partial charge is 0.326 e. The van der Waals surface area contributed by atoms with E-state index in [2.05, 4.69) is 4.72 Å². The van der Waals surface area contributed by atoms with Crippen LogP contribution in [0.4, 0.5) is 4.39 Å². The lowest BCUT2D eigenvalue weighted by molar-refractivity contribution is 0.263. The maximum absolute atomic E-state index is 13.8. The molecule has 1 aromatic carbocycles. The molecule has 1 unspecified atom stereocenters. The quantitative estimate of drug-likeness (QED) is 0.876. The molecular weight excluding hydrogens is 279 g/mol. The minimum Gasteiger partial charge on any atom is -0.326 e. The van der Waals surface area contributed by atoms with E-state index >= 15 is 0 Å². The predicted octanol–water partition coefficient (Wildman–Crippen LogP) is 2.24. The normalized spacial score (nSPS) is 14.3. The van der Waals surface area contributed by atoms with Crippen LogP contribution in [-0.2, 0) is 16.6 Å². The third-order valence-corrected chi connectivity index (χ3v) is 5.04. The number of nitrogens with two attached hydrogens (primary N) is 1. The second-order valence-electron chi connectivity index (χ2n) is 6.09. The van der Waals surface area contributed by atoms with Gasteiger partial charge in [0.15, 0.2) is 0 Å². The molecule has 0 aliphatic rings. The van der Waals surface area contributed by atoms with Gasteiger partial charge in [-0.25, -0.2) is 17.5 Å². The molecule has 0 amide bonds. The molecule has 0 heterocycles. The zero-order chi connectivity index (χ0) is 15.6. The van der Waals surface area contributed by atoms with Crippen molar-refractivity contribution < 1.29 is 12.8 Å². The van der Waals surface area contributed by atoms with E-state index in [1.165, 1.54) is 12.1 Å². The number of nitrogens with one attached hydrogen (secondary N) is 1. The van der Waals surface area contributed by atoms with Crippen molar-refractivity contribution in [3.05, 3.63) is 29.6 Å². The van der Waals surface area contributed by atoms with Gasteiger partial charge in [0.1, 0.15) is 10.7 Å². The number of halogens is 1. The van der Waals surface area contributed by atoms with Crippen LogP contribution in [0, 0.1) is 17.2 Å². The van der Waals surface area contributed by atoms with Crippen LogP contribution in [0.3, 0.4) is 0 Å². The summed E-state index contributed by atoms with van der Waals surface area (Å²) in [4.78, 5) is -0.337. The summed E-state index contributed by atoms with van der Waals surface area (Å²) in [6, 6.07) is 3.92. The number of hydrogen-bond donors (Lipinski definition) is 2. The predicted molar refractivity (Wildman–Crippen MR) is 78.1 cm³/mol. The van der Waals surface area contributed by atoms with Gasteiger partial charge in [0, 0.05) is 13.1 Å². The molecule has 0 spiro atoms. The average Bonchev–Trinajstić information content (AvgIpc) is 2.34. The Hall–Kier alpha value is -0.980. The summed E-state index contributed by atoms with van der Waals surface area (Å²) >= 11 is 0. The van der Waals surface area contributed by atoms with E-state index in [1.54, 1.807) is 0 Å². The fraction of sp³-hybridized carbons (Fsp3) is 0.571. The highest BCUT2D eigenvalue weighted by Gasteiger charge is 2.24. The molecule has 4 nitrogen and oxygen atoms in total. The smallest absolute Gasteiger partial charge is 0.243 e. The molecule has 6 heteroatoms. The third-order valence-electron chi connectivity index (χ3n) is 3.58. The van der Waals surface area contributed by atoms with Crippen LogP contribution < -0.4 is 10.5 Å². The standard InChI is InChI=1S/C14H23FN2O2S/c1-10(14(2,3)4)9-17-20(18,19)13-6-5-11(8-16)7-12(13)15/h5-7,10,17H,8-9,16H2,1-4H3. The Kier molecular flexibility index (Phi) is 5.29. The van der Waals surface area contributed by atoms with Crippen molar-refractivity contribution in [1.82, 2.24) is 4.72 Å². The Balaban J connectivity index is 2.90. The first-order valence-corrected chi connectivity index (χ1v) is 8.04. The van der Waals surface area contributed by atoms with Crippen molar-refractivity contribution >= 4 is 10.0 Å². The van der Waals surface area contributed by atoms with Gasteiger partial charge in [-0.3, -0.25) is 0 Å². The molecular formula is C14H23FN2O2S. The molecule has 20 heavy (non-hydrogen) atoms. The number of benzene rings is 1. The van der Waals surface area contributed by atoms with Crippen LogP contribution in [0.15, 0.2) is 23.1 Å². The summed E-state index contributed by atoms with van der Waals surface area (Å²) in [5, 5.41) is 0. The number of sulfonamides is 1. The summed E-state index contributed by atoms with van der Waals surface area (Å²) in [5.74, 6) is -0.646. The fourth-order valence-corrected chi connectivity index (χ4v) is 2.70. The number of rotatable bonds is 5. The molecule has 1 atom stereocenters. The minimum absolute atomic E-state index is 0.0233. The van der Waals surface area contributed by atoms with Gasteiger partial charge in [-0.2, -0.15) is 0 Å². The maximum atomic E-state index is 13.8. The highest BCUT2D eigenvalue weighted by atomic mass is 32.2. The van der Waals surface area contributed by atoms with Gasteiger partial charge in [-0.15, -0.1) is 0 Å². The molecule has 114 valence electrons. The molecule has 0 saturated carbocycles. The zero-order valence-corrected chi connectivity index (χ0v) is 13.2. The topological polar surface area (TPSA) is 72.2 Å². The van der Waals surface area contributed by atoms with Gasteiger partial charge in [0.2, 0.25) is 10.0 Å². The van der Waals surface area contributed by atoms with Crippen molar-refractivity contribution in [1.29, 1.82) is 0 Å². The second kappa shape index (κ2) is 6.20. The van der Waals surface area contributed by atoms with Gasteiger partial charge in [0.05, 0.1) is 0 Å². The monoisotopic (exact) mass is 302 g/mol. The maximum Gasteiger partial charge on any atom is 0.243 e. The summed E-state index contributed by atoms with van der Waals surface area (Å²) in [6.45, 7) is 8.49. The van der Waals surface area contributed by atoms with E-state index in [-0.39, 0.29) is 29.3 Å². The van der Waals surface area contributed by atoms with Crippen LogP contribution in [0.25, 0.3) is 0 Å². The van der Waals surface area contributed by atoms with Crippen LogP contribution in [0.5, 0.6) is 0 Å². The van der Waals surface area contributed by atoms with Gasteiger partial charge in [0.25, 0.3) is 0 Å². The Labute approximate surface area is 120 Å². The van der Waals surface area contributed by atoms with Gasteiger partial charge in [-0.1, -0.05) is 33.8 Å². The van der Waals surface area contributed by atoms with Crippen LogP contribution >= 0.6 is 0 Å². The second-order valence-corrected chi connectivity index (χ2v) is 7.82. The fourth-order valence-electron chi connectivity index (χ4n) is 1.51. The molecule has 0 saturated heterocycles. The lowest BCUT2D eigenvalue weighted by Crippen LogP contribution is -2.34. The Morgan fingerprint density at radius 3 is 2.40 bits per heavy atom. The van der Waals surface area contributed by atoms with Crippen molar-refractivity contribution in [3.63, 3.8) is 0 Å². The van der Waals surface area contributed by atoms with Crippen LogP contribution in [0.1, 0.15) is 33.3 Å². The third kappa shape index (κ3) is 4.26. The van der Waals surface area contributed by atoms with Crippen molar-refractivity contribution in [2.24, 2.45) is 17.1 Å². The Morgan fingerprint density at radius 2 is 1.95 bits per heavy atom. The van der Waals surface area contributed by atoms with E-state index in [0.717, 1.165) is 6.07 Å². The first-order valence-electron chi connectivity index (χ1n) is 6.56. The molecule has 1 aromatic rings. The van der Waals surface area contributed by atoms with Crippen LogP contribution in [-0.4, -0.2) is 15.0 Å². The van der Waals surface area contributed by atoms with Crippen molar-refractivity contribution in [2.75, 3.05) is 6.54 Å². The molecule has 0 radical (unpaired) electrons. The van der Waals surface area contributed by atoms with E-state index in [9.17, 15) is 12.8 Å². The van der Waals surface area contributed by atoms with Crippen LogP contribution in [0.2, 0.25) is 0 Å². The molecule has 0 fully saturated rings. The van der Waals surface area contributed by atoms with Gasteiger partial charge in [-0.05, 0) is 29.0 Å². The molecule has 0 bridgehead atoms. The molecule has 1 rings (SSSR count). The van der Waals surface area contributed by atoms with E-state index in [0.29, 0.717) is 5.56 Å². The van der Waals surface area contributed by atoms with Crippen molar-refractivity contribution in [3.8, 4) is 0 Å². The summed E-state index contributed by atoms with van der Waals surface area (Å²) in [6.07, 6.45) is 0. The Bertz CT molecular complexity index is 565. The minimum atomic E-state index is -3.84. The molecule has 0 aliphatic carbocycles. The highest BCUT2D eigenvalue weighted by Crippen LogP contribution is 2.25. The zero-order valence-electron chi connectivity index (χ0n) is 12.4. The SMILES string of the molecule is CC(CNS(=O)(=O)c1ccc(CN)cc1F)C(C)(C)C. The molecule has 0 aromatic heterocycles. The lowest BCUT2D eigenvalue weighted by Gasteiger charge is -2.27. The highest BCUT2D eigenvalue weighted by molar-refractivity contribution is 7.89. The van der Waals surface area contributed by atoms with Gasteiger partial charge < -0.3 is 5.73 Å². The first-order chi connectivity index (χ1) is 9.08. The first kappa shape index (κ1) is 17.1. The summed E-state index contributed by atoms with van der Waals surface area (Å²) in [5.41, 5.74) is 5.93. The van der Waals surface area contributed by atoms with Crippen molar-refractivity contribution in [2.45, 2.75) is 39.1 Å². The summed E-state index contributed by atoms with van der Waals surface area (Å²) in [7, 11) is -3.84. The van der Waals surface area contributed by atoms with E-state index < -0.39 is 15.8 Å². The van der Waals surface area contributed by atoms with E-state index in [1.807, 2.05) is 27.7 Å². The number of hydrogen-bond acceptors (Lipinski definition) is 3. The Morgan fingerprint density at radius 1 is 1.35 bits per heavy atom.